The summed E-state index contributed by atoms with van der Waals surface area (Å²) in [5.74, 6) is -1.26. The Morgan fingerprint density at radius 1 is 1.12 bits per heavy atom. The number of hydrogen-bond acceptors (Lipinski definition) is 6. The van der Waals surface area contributed by atoms with Crippen LogP contribution >= 0.6 is 0 Å². The third-order valence-electron chi connectivity index (χ3n) is 2.80. The molecule has 0 heterocycles. The summed E-state index contributed by atoms with van der Waals surface area (Å²) in [6, 6.07) is 2.73. The predicted molar refractivity (Wildman–Crippen MR) is 96.2 cm³/mol. The van der Waals surface area contributed by atoms with E-state index in [2.05, 4.69) is 18.5 Å². The molecule has 0 saturated heterocycles. The summed E-state index contributed by atoms with van der Waals surface area (Å²) in [6.07, 6.45) is 3.96. The number of anilines is 1. The second-order valence-corrected chi connectivity index (χ2v) is 7.36. The summed E-state index contributed by atoms with van der Waals surface area (Å²) >= 11 is 0. The summed E-state index contributed by atoms with van der Waals surface area (Å²) in [5, 5.41) is 2.59. The van der Waals surface area contributed by atoms with E-state index in [1.807, 2.05) is 0 Å². The first kappa shape index (κ1) is 20.4. The number of rotatable bonds is 10. The Labute approximate surface area is 147 Å². The van der Waals surface area contributed by atoms with Gasteiger partial charge in [0.15, 0.2) is 15.6 Å². The number of hydrogen-bond donors (Lipinski definition) is 1. The standard InChI is InChI=1S/C17H21NO6S/c1-5-7-23-15-9-13(14(20)11-25(4,21)22)10-16(24-8-6-2)17(15)18-12(3)19/h5-6,9-10H,1-2,7-8,11H2,3-4H3,(H,18,19). The highest BCUT2D eigenvalue weighted by atomic mass is 32.2. The molecule has 7 nitrogen and oxygen atoms in total. The lowest BCUT2D eigenvalue weighted by molar-refractivity contribution is -0.114. The van der Waals surface area contributed by atoms with Crippen LogP contribution in [0.15, 0.2) is 37.4 Å². The van der Waals surface area contributed by atoms with Gasteiger partial charge in [0, 0.05) is 18.7 Å². The maximum absolute atomic E-state index is 12.2. The van der Waals surface area contributed by atoms with E-state index in [-0.39, 0.29) is 41.9 Å². The molecule has 136 valence electrons. The highest BCUT2D eigenvalue weighted by Crippen LogP contribution is 2.37. The van der Waals surface area contributed by atoms with E-state index in [0.717, 1.165) is 6.26 Å². The summed E-state index contributed by atoms with van der Waals surface area (Å²) < 4.78 is 33.7. The fourth-order valence-corrected chi connectivity index (χ4v) is 2.54. The van der Waals surface area contributed by atoms with Gasteiger partial charge in [0.2, 0.25) is 5.91 Å². The predicted octanol–water partition coefficient (Wildman–Crippen LogP) is 2.00. The molecular formula is C17H21NO6S. The molecule has 0 radical (unpaired) electrons. The van der Waals surface area contributed by atoms with Crippen molar-refractivity contribution in [3.63, 3.8) is 0 Å². The van der Waals surface area contributed by atoms with Gasteiger partial charge in [0.05, 0.1) is 0 Å². The van der Waals surface area contributed by atoms with Gasteiger partial charge >= 0.3 is 0 Å². The Bertz CT molecular complexity index is 749. The van der Waals surface area contributed by atoms with Crippen LogP contribution in [0.4, 0.5) is 5.69 Å². The number of amides is 1. The number of ketones is 1. The van der Waals surface area contributed by atoms with Crippen molar-refractivity contribution in [1.82, 2.24) is 0 Å². The first-order valence-electron chi connectivity index (χ1n) is 7.32. The van der Waals surface area contributed by atoms with Crippen LogP contribution in [-0.2, 0) is 14.6 Å². The fraction of sp³-hybridized carbons (Fsp3) is 0.294. The lowest BCUT2D eigenvalue weighted by Crippen LogP contribution is -2.16. The maximum atomic E-state index is 12.2. The van der Waals surface area contributed by atoms with Crippen LogP contribution in [0.3, 0.4) is 0 Å². The molecule has 0 atom stereocenters. The fourth-order valence-electron chi connectivity index (χ4n) is 1.90. The molecule has 0 unspecified atom stereocenters. The Kier molecular flexibility index (Phi) is 7.38. The van der Waals surface area contributed by atoms with Crippen molar-refractivity contribution in [3.8, 4) is 11.5 Å². The summed E-state index contributed by atoms with van der Waals surface area (Å²) in [7, 11) is -3.49. The Hall–Kier alpha value is -2.61. The van der Waals surface area contributed by atoms with Crippen molar-refractivity contribution >= 4 is 27.2 Å². The third-order valence-corrected chi connectivity index (χ3v) is 3.58. The van der Waals surface area contributed by atoms with Crippen LogP contribution in [0.25, 0.3) is 0 Å². The zero-order chi connectivity index (χ0) is 19.0. The number of carbonyl (C=O) groups excluding carboxylic acids is 2. The Morgan fingerprint density at radius 3 is 1.96 bits per heavy atom. The molecule has 0 saturated carbocycles. The smallest absolute Gasteiger partial charge is 0.221 e. The third kappa shape index (κ3) is 6.80. The van der Waals surface area contributed by atoms with E-state index >= 15 is 0 Å². The first-order chi connectivity index (χ1) is 11.7. The summed E-state index contributed by atoms with van der Waals surface area (Å²) in [5.41, 5.74) is 0.338. The van der Waals surface area contributed by atoms with Gasteiger partial charge < -0.3 is 14.8 Å². The van der Waals surface area contributed by atoms with Crippen LogP contribution in [-0.4, -0.2) is 45.3 Å². The molecule has 25 heavy (non-hydrogen) atoms. The number of benzene rings is 1. The van der Waals surface area contributed by atoms with E-state index < -0.39 is 21.4 Å². The van der Waals surface area contributed by atoms with Crippen LogP contribution in [0.5, 0.6) is 11.5 Å². The second kappa shape index (κ2) is 9.03. The molecule has 0 aromatic heterocycles. The van der Waals surface area contributed by atoms with E-state index in [9.17, 15) is 18.0 Å². The van der Waals surface area contributed by atoms with E-state index in [1.165, 1.54) is 31.2 Å². The molecule has 1 rings (SSSR count). The largest absolute Gasteiger partial charge is 0.487 e. The van der Waals surface area contributed by atoms with Gasteiger partial charge in [-0.1, -0.05) is 25.3 Å². The topological polar surface area (TPSA) is 98.8 Å². The van der Waals surface area contributed by atoms with Crippen LogP contribution in [0.2, 0.25) is 0 Å². The van der Waals surface area contributed by atoms with Gasteiger partial charge in [0.25, 0.3) is 0 Å². The average molecular weight is 367 g/mol. The maximum Gasteiger partial charge on any atom is 0.221 e. The number of sulfone groups is 1. The number of carbonyl (C=O) groups is 2. The first-order valence-corrected chi connectivity index (χ1v) is 9.38. The van der Waals surface area contributed by atoms with Crippen molar-refractivity contribution in [3.05, 3.63) is 43.0 Å². The highest BCUT2D eigenvalue weighted by Gasteiger charge is 2.20. The second-order valence-electron chi connectivity index (χ2n) is 5.22. The molecule has 0 aliphatic heterocycles. The molecule has 8 heteroatoms. The number of nitrogens with one attached hydrogen (secondary N) is 1. The molecule has 0 spiro atoms. The van der Waals surface area contributed by atoms with Crippen molar-refractivity contribution < 1.29 is 27.5 Å². The van der Waals surface area contributed by atoms with E-state index in [1.54, 1.807) is 0 Å². The molecule has 0 fully saturated rings. The van der Waals surface area contributed by atoms with Crippen LogP contribution < -0.4 is 14.8 Å². The molecule has 1 N–H and O–H groups in total. The lowest BCUT2D eigenvalue weighted by Gasteiger charge is -2.17. The Morgan fingerprint density at radius 2 is 1.60 bits per heavy atom. The van der Waals surface area contributed by atoms with Gasteiger partial charge in [-0.3, -0.25) is 9.59 Å². The zero-order valence-corrected chi connectivity index (χ0v) is 15.0. The van der Waals surface area contributed by atoms with E-state index in [0.29, 0.717) is 0 Å². The van der Waals surface area contributed by atoms with Gasteiger partial charge in [-0.05, 0) is 12.1 Å². The van der Waals surface area contributed by atoms with Gasteiger partial charge in [-0.25, -0.2) is 8.42 Å². The van der Waals surface area contributed by atoms with Crippen molar-refractivity contribution in [2.24, 2.45) is 0 Å². The van der Waals surface area contributed by atoms with Crippen LogP contribution in [0, 0.1) is 0 Å². The molecular weight excluding hydrogens is 346 g/mol. The van der Waals surface area contributed by atoms with E-state index in [4.69, 9.17) is 9.47 Å². The van der Waals surface area contributed by atoms with Gasteiger partial charge in [-0.15, -0.1) is 0 Å². The molecule has 1 aromatic rings. The average Bonchev–Trinajstić information content (AvgIpc) is 2.50. The molecule has 1 aromatic carbocycles. The Balaban J connectivity index is 3.43. The van der Waals surface area contributed by atoms with Crippen molar-refractivity contribution in [2.75, 3.05) is 30.5 Å². The minimum absolute atomic E-state index is 0.0950. The number of ether oxygens (including phenoxy) is 2. The van der Waals surface area contributed by atoms with Gasteiger partial charge in [0.1, 0.15) is 36.2 Å². The minimum atomic E-state index is -3.49. The summed E-state index contributed by atoms with van der Waals surface area (Å²) in [4.78, 5) is 23.7. The monoisotopic (exact) mass is 367 g/mol. The minimum Gasteiger partial charge on any atom is -0.487 e. The SMILES string of the molecule is C=CCOc1cc(C(=O)CS(C)(=O)=O)cc(OCC=C)c1NC(C)=O. The van der Waals surface area contributed by atoms with Crippen molar-refractivity contribution in [1.29, 1.82) is 0 Å². The van der Waals surface area contributed by atoms with Crippen molar-refractivity contribution in [2.45, 2.75) is 6.92 Å². The normalized spacial score (nSPS) is 10.6. The summed E-state index contributed by atoms with van der Waals surface area (Å²) in [6.45, 7) is 8.64. The molecule has 0 aliphatic rings. The lowest BCUT2D eigenvalue weighted by atomic mass is 10.1. The zero-order valence-electron chi connectivity index (χ0n) is 14.2. The molecule has 0 aliphatic carbocycles. The molecule has 1 amide bonds. The molecule has 0 bridgehead atoms. The van der Waals surface area contributed by atoms with Crippen LogP contribution in [0.1, 0.15) is 17.3 Å². The quantitative estimate of drug-likeness (QED) is 0.502. The van der Waals surface area contributed by atoms with Gasteiger partial charge in [-0.2, -0.15) is 0 Å². The number of Topliss-reactive ketones (excluding diaryl/α,β-unsaturated/α-hetero) is 1. The highest BCUT2D eigenvalue weighted by molar-refractivity contribution is 7.91.